The summed E-state index contributed by atoms with van der Waals surface area (Å²) in [7, 11) is 0. The van der Waals surface area contributed by atoms with Crippen molar-refractivity contribution in [3.8, 4) is 0 Å². The molecule has 1 N–H and O–H groups in total. The summed E-state index contributed by atoms with van der Waals surface area (Å²) in [6.07, 6.45) is 8.38. The minimum absolute atomic E-state index is 0.606. The molecule has 1 aliphatic carbocycles. The number of hydrogen-bond donors (Lipinski definition) is 1. The van der Waals surface area contributed by atoms with E-state index in [0.29, 0.717) is 6.04 Å². The van der Waals surface area contributed by atoms with Gasteiger partial charge in [-0.15, -0.1) is 0 Å². The molecule has 0 aliphatic heterocycles. The maximum absolute atomic E-state index is 3.71. The smallest absolute Gasteiger partial charge is 0.0331 e. The van der Waals surface area contributed by atoms with Crippen LogP contribution in [0.5, 0.6) is 0 Å². The molecular weight excluding hydrogens is 214 g/mol. The second-order valence-corrected chi connectivity index (χ2v) is 5.73. The summed E-state index contributed by atoms with van der Waals surface area (Å²) in [6.45, 7) is 3.39. The topological polar surface area (TPSA) is 12.0 Å². The predicted molar refractivity (Wildman–Crippen MR) is 71.9 cm³/mol. The largest absolute Gasteiger partial charge is 0.310 e. The van der Waals surface area contributed by atoms with E-state index < -0.39 is 0 Å². The SMILES string of the molecule is CCCNC(CC1CCCC1)c1ccsc1. The van der Waals surface area contributed by atoms with E-state index in [9.17, 15) is 0 Å². The van der Waals surface area contributed by atoms with Gasteiger partial charge in [-0.3, -0.25) is 0 Å². The number of nitrogens with one attached hydrogen (secondary N) is 1. The van der Waals surface area contributed by atoms with Gasteiger partial charge >= 0.3 is 0 Å². The van der Waals surface area contributed by atoms with Gasteiger partial charge in [0, 0.05) is 6.04 Å². The Balaban J connectivity index is 1.91. The number of hydrogen-bond acceptors (Lipinski definition) is 2. The van der Waals surface area contributed by atoms with E-state index in [1.807, 2.05) is 11.3 Å². The van der Waals surface area contributed by atoms with Crippen LogP contribution in [0.4, 0.5) is 0 Å². The summed E-state index contributed by atoms with van der Waals surface area (Å²) in [5, 5.41) is 8.21. The van der Waals surface area contributed by atoms with Crippen molar-refractivity contribution < 1.29 is 0 Å². The first-order chi connectivity index (χ1) is 7.90. The minimum atomic E-state index is 0.606. The van der Waals surface area contributed by atoms with Crippen molar-refractivity contribution in [2.45, 2.75) is 51.5 Å². The molecule has 2 rings (SSSR count). The Morgan fingerprint density at radius 3 is 2.88 bits per heavy atom. The van der Waals surface area contributed by atoms with Crippen LogP contribution in [0, 0.1) is 5.92 Å². The fourth-order valence-corrected chi connectivity index (χ4v) is 3.42. The van der Waals surface area contributed by atoms with Crippen molar-refractivity contribution in [2.24, 2.45) is 5.92 Å². The summed E-state index contributed by atoms with van der Waals surface area (Å²) in [5.41, 5.74) is 1.50. The predicted octanol–water partition coefficient (Wildman–Crippen LogP) is 4.37. The van der Waals surface area contributed by atoms with Crippen molar-refractivity contribution in [3.63, 3.8) is 0 Å². The van der Waals surface area contributed by atoms with Crippen molar-refractivity contribution >= 4 is 11.3 Å². The van der Waals surface area contributed by atoms with Gasteiger partial charge in [-0.1, -0.05) is 32.6 Å². The molecule has 1 aromatic rings. The molecule has 0 spiro atoms. The van der Waals surface area contributed by atoms with E-state index >= 15 is 0 Å². The van der Waals surface area contributed by atoms with Gasteiger partial charge < -0.3 is 5.32 Å². The van der Waals surface area contributed by atoms with Crippen LogP contribution in [-0.4, -0.2) is 6.54 Å². The zero-order valence-electron chi connectivity index (χ0n) is 10.2. The molecule has 0 aromatic carbocycles. The Hall–Kier alpha value is -0.340. The molecule has 0 radical (unpaired) electrons. The fourth-order valence-electron chi connectivity index (χ4n) is 2.71. The first-order valence-electron chi connectivity index (χ1n) is 6.65. The quantitative estimate of drug-likeness (QED) is 0.774. The monoisotopic (exact) mass is 237 g/mol. The van der Waals surface area contributed by atoms with Crippen molar-refractivity contribution in [1.82, 2.24) is 5.32 Å². The van der Waals surface area contributed by atoms with Gasteiger partial charge in [-0.05, 0) is 47.7 Å². The maximum Gasteiger partial charge on any atom is 0.0331 e. The molecule has 16 heavy (non-hydrogen) atoms. The third kappa shape index (κ3) is 3.33. The molecule has 1 aliphatic rings. The molecule has 90 valence electrons. The van der Waals surface area contributed by atoms with Crippen LogP contribution in [0.25, 0.3) is 0 Å². The highest BCUT2D eigenvalue weighted by Gasteiger charge is 2.20. The first kappa shape index (κ1) is 12.1. The maximum atomic E-state index is 3.71. The lowest BCUT2D eigenvalue weighted by atomic mass is 9.95. The van der Waals surface area contributed by atoms with Gasteiger partial charge in [0.25, 0.3) is 0 Å². The molecule has 0 amide bonds. The molecule has 2 heteroatoms. The van der Waals surface area contributed by atoms with Crippen LogP contribution < -0.4 is 5.32 Å². The van der Waals surface area contributed by atoms with Gasteiger partial charge in [-0.25, -0.2) is 0 Å². The van der Waals surface area contributed by atoms with Crippen molar-refractivity contribution in [1.29, 1.82) is 0 Å². The Morgan fingerprint density at radius 1 is 1.44 bits per heavy atom. The van der Waals surface area contributed by atoms with Crippen LogP contribution in [-0.2, 0) is 0 Å². The second kappa shape index (κ2) is 6.41. The van der Waals surface area contributed by atoms with Gasteiger partial charge in [-0.2, -0.15) is 11.3 Å². The second-order valence-electron chi connectivity index (χ2n) is 4.95. The summed E-state index contributed by atoms with van der Waals surface area (Å²) >= 11 is 1.82. The van der Waals surface area contributed by atoms with Crippen LogP contribution in [0.3, 0.4) is 0 Å². The third-order valence-corrected chi connectivity index (χ3v) is 4.33. The van der Waals surface area contributed by atoms with Gasteiger partial charge in [0.15, 0.2) is 0 Å². The van der Waals surface area contributed by atoms with E-state index in [1.54, 1.807) is 0 Å². The highest BCUT2D eigenvalue weighted by molar-refractivity contribution is 7.07. The van der Waals surface area contributed by atoms with Crippen LogP contribution in [0.15, 0.2) is 16.8 Å². The lowest BCUT2D eigenvalue weighted by Gasteiger charge is -2.21. The molecule has 0 saturated heterocycles. The van der Waals surface area contributed by atoms with Crippen molar-refractivity contribution in [2.75, 3.05) is 6.54 Å². The molecule has 1 fully saturated rings. The normalized spacial score (nSPS) is 19.1. The molecule has 1 atom stereocenters. The van der Waals surface area contributed by atoms with E-state index in [-0.39, 0.29) is 0 Å². The summed E-state index contributed by atoms with van der Waals surface area (Å²) < 4.78 is 0. The molecular formula is C14H23NS. The average Bonchev–Trinajstić information content (AvgIpc) is 2.96. The van der Waals surface area contributed by atoms with E-state index in [0.717, 1.165) is 12.5 Å². The van der Waals surface area contributed by atoms with Crippen LogP contribution in [0.1, 0.15) is 57.1 Å². The lowest BCUT2D eigenvalue weighted by Crippen LogP contribution is -2.23. The first-order valence-corrected chi connectivity index (χ1v) is 7.60. The zero-order valence-corrected chi connectivity index (χ0v) is 11.1. The Kier molecular flexibility index (Phi) is 4.86. The highest BCUT2D eigenvalue weighted by Crippen LogP contribution is 2.33. The minimum Gasteiger partial charge on any atom is -0.310 e. The molecule has 1 nitrogen and oxygen atoms in total. The van der Waals surface area contributed by atoms with E-state index in [4.69, 9.17) is 0 Å². The number of thiophene rings is 1. The van der Waals surface area contributed by atoms with Gasteiger partial charge in [0.1, 0.15) is 0 Å². The molecule has 1 aromatic heterocycles. The zero-order chi connectivity index (χ0) is 11.2. The van der Waals surface area contributed by atoms with Crippen LogP contribution in [0.2, 0.25) is 0 Å². The highest BCUT2D eigenvalue weighted by atomic mass is 32.1. The Labute approximate surface area is 103 Å². The summed E-state index contributed by atoms with van der Waals surface area (Å²) in [5.74, 6) is 0.967. The van der Waals surface area contributed by atoms with Crippen molar-refractivity contribution in [3.05, 3.63) is 22.4 Å². The van der Waals surface area contributed by atoms with Gasteiger partial charge in [0.05, 0.1) is 0 Å². The van der Waals surface area contributed by atoms with E-state index in [1.165, 1.54) is 44.1 Å². The standard InChI is InChI=1S/C14H23NS/c1-2-8-15-14(13-7-9-16-11-13)10-12-5-3-4-6-12/h7,9,11-12,14-15H,2-6,8,10H2,1H3. The lowest BCUT2D eigenvalue weighted by molar-refractivity contribution is 0.396. The molecule has 1 heterocycles. The molecule has 1 unspecified atom stereocenters. The third-order valence-electron chi connectivity index (χ3n) is 3.63. The summed E-state index contributed by atoms with van der Waals surface area (Å²) in [6, 6.07) is 2.89. The van der Waals surface area contributed by atoms with Crippen LogP contribution >= 0.6 is 11.3 Å². The Bertz CT molecular complexity index is 275. The summed E-state index contributed by atoms with van der Waals surface area (Å²) in [4.78, 5) is 0. The number of rotatable bonds is 6. The molecule has 1 saturated carbocycles. The van der Waals surface area contributed by atoms with E-state index in [2.05, 4.69) is 29.1 Å². The fraction of sp³-hybridized carbons (Fsp3) is 0.714. The Morgan fingerprint density at radius 2 is 2.25 bits per heavy atom. The average molecular weight is 237 g/mol. The molecule has 0 bridgehead atoms. The van der Waals surface area contributed by atoms with Gasteiger partial charge in [0.2, 0.25) is 0 Å².